The van der Waals surface area contributed by atoms with Crippen LogP contribution >= 0.6 is 0 Å². The summed E-state index contributed by atoms with van der Waals surface area (Å²) in [7, 11) is 1.40. The molecule has 0 radical (unpaired) electrons. The number of ether oxygens (including phenoxy) is 1. The van der Waals surface area contributed by atoms with Gasteiger partial charge in [-0.25, -0.2) is 8.78 Å². The Morgan fingerprint density at radius 3 is 2.58 bits per heavy atom. The quantitative estimate of drug-likeness (QED) is 0.849. The highest BCUT2D eigenvalue weighted by Gasteiger charge is 2.22. The second-order valence-corrected chi connectivity index (χ2v) is 4.06. The molecule has 0 aliphatic heterocycles. The van der Waals surface area contributed by atoms with Crippen molar-refractivity contribution in [2.45, 2.75) is 19.6 Å². The highest BCUT2D eigenvalue weighted by atomic mass is 19.2. The Labute approximate surface area is 111 Å². The Bertz CT molecular complexity index is 437. The third-order valence-corrected chi connectivity index (χ3v) is 2.82. The Kier molecular flexibility index (Phi) is 5.85. The first-order valence-electron chi connectivity index (χ1n) is 5.99. The Hall–Kier alpha value is -1.53. The lowest BCUT2D eigenvalue weighted by atomic mass is 10.2. The van der Waals surface area contributed by atoms with E-state index >= 15 is 0 Å². The zero-order valence-electron chi connectivity index (χ0n) is 11.0. The summed E-state index contributed by atoms with van der Waals surface area (Å²) in [6.45, 7) is 2.48. The number of methoxy groups -OCH3 is 1. The number of hydrogen-bond donors (Lipinski definition) is 1. The van der Waals surface area contributed by atoms with Crippen molar-refractivity contribution in [1.29, 1.82) is 0 Å². The van der Waals surface area contributed by atoms with Crippen LogP contribution in [0.15, 0.2) is 18.2 Å². The molecule has 0 saturated carbocycles. The second kappa shape index (κ2) is 7.16. The van der Waals surface area contributed by atoms with Crippen molar-refractivity contribution in [3.8, 4) is 0 Å². The number of carbonyl (C=O) groups excluding carboxylic acids is 1. The lowest BCUT2D eigenvalue weighted by Crippen LogP contribution is -2.43. The van der Waals surface area contributed by atoms with Gasteiger partial charge in [0.15, 0.2) is 11.6 Å². The third kappa shape index (κ3) is 3.97. The molecule has 1 aromatic rings. The van der Waals surface area contributed by atoms with Gasteiger partial charge in [-0.3, -0.25) is 4.79 Å². The minimum Gasteiger partial charge on any atom is -0.370 e. The molecule has 1 rings (SSSR count). The van der Waals surface area contributed by atoms with Crippen LogP contribution in [0.1, 0.15) is 12.5 Å². The van der Waals surface area contributed by atoms with E-state index in [1.54, 1.807) is 6.92 Å². The summed E-state index contributed by atoms with van der Waals surface area (Å²) in [5.41, 5.74) is 5.95. The van der Waals surface area contributed by atoms with Gasteiger partial charge in [-0.1, -0.05) is 6.07 Å². The van der Waals surface area contributed by atoms with Crippen LogP contribution in [0.25, 0.3) is 0 Å². The van der Waals surface area contributed by atoms with Crippen LogP contribution in [0.3, 0.4) is 0 Å². The van der Waals surface area contributed by atoms with Crippen LogP contribution in [0, 0.1) is 11.6 Å². The summed E-state index contributed by atoms with van der Waals surface area (Å²) in [4.78, 5) is 13.5. The first kappa shape index (κ1) is 15.5. The average Bonchev–Trinajstić information content (AvgIpc) is 2.41. The van der Waals surface area contributed by atoms with E-state index in [4.69, 9.17) is 10.5 Å². The lowest BCUT2D eigenvalue weighted by Gasteiger charge is -2.25. The molecule has 1 unspecified atom stereocenters. The first-order valence-corrected chi connectivity index (χ1v) is 5.99. The number of nitrogens with two attached hydrogens (primary N) is 1. The van der Waals surface area contributed by atoms with Crippen molar-refractivity contribution >= 4 is 5.91 Å². The fraction of sp³-hybridized carbons (Fsp3) is 0.462. The number of carbonyl (C=O) groups is 1. The van der Waals surface area contributed by atoms with E-state index in [0.29, 0.717) is 12.1 Å². The molecule has 0 fully saturated rings. The topological polar surface area (TPSA) is 55.6 Å². The fourth-order valence-corrected chi connectivity index (χ4v) is 1.71. The van der Waals surface area contributed by atoms with Crippen LogP contribution < -0.4 is 5.73 Å². The van der Waals surface area contributed by atoms with Crippen molar-refractivity contribution in [2.24, 2.45) is 5.73 Å². The zero-order chi connectivity index (χ0) is 14.4. The van der Waals surface area contributed by atoms with E-state index in [9.17, 15) is 13.6 Å². The molecule has 0 aliphatic rings. The maximum atomic E-state index is 13.1. The molecule has 19 heavy (non-hydrogen) atoms. The van der Waals surface area contributed by atoms with Gasteiger partial charge < -0.3 is 15.4 Å². The predicted molar refractivity (Wildman–Crippen MR) is 67.3 cm³/mol. The molecule has 0 bridgehead atoms. The third-order valence-electron chi connectivity index (χ3n) is 2.82. The van der Waals surface area contributed by atoms with Crippen molar-refractivity contribution in [3.05, 3.63) is 35.4 Å². The van der Waals surface area contributed by atoms with E-state index in [2.05, 4.69) is 0 Å². The van der Waals surface area contributed by atoms with Gasteiger partial charge in [-0.2, -0.15) is 0 Å². The van der Waals surface area contributed by atoms with Gasteiger partial charge in [0.2, 0.25) is 0 Å². The van der Waals surface area contributed by atoms with E-state index in [1.807, 2.05) is 0 Å². The predicted octanol–water partition coefficient (Wildman–Crippen LogP) is 1.29. The van der Waals surface area contributed by atoms with Crippen LogP contribution in [-0.2, 0) is 16.1 Å². The largest absolute Gasteiger partial charge is 0.370 e. The summed E-state index contributed by atoms with van der Waals surface area (Å²) >= 11 is 0. The van der Waals surface area contributed by atoms with Crippen LogP contribution in [-0.4, -0.2) is 37.1 Å². The minimum atomic E-state index is -0.928. The molecule has 1 aromatic carbocycles. The maximum Gasteiger partial charge on any atom is 0.253 e. The molecule has 0 aromatic heterocycles. The van der Waals surface area contributed by atoms with Crippen molar-refractivity contribution in [2.75, 3.05) is 20.2 Å². The lowest BCUT2D eigenvalue weighted by molar-refractivity contribution is -0.141. The molecule has 0 saturated heterocycles. The Balaban J connectivity index is 2.81. The highest BCUT2D eigenvalue weighted by molar-refractivity contribution is 5.81. The van der Waals surface area contributed by atoms with Gasteiger partial charge in [0, 0.05) is 26.7 Å². The molecule has 1 atom stereocenters. The standard InChI is InChI=1S/C13H18F2N2O2/c1-3-17(13(18)12(7-16)19-2)8-9-4-5-10(14)11(15)6-9/h4-6,12H,3,7-8,16H2,1-2H3. The van der Waals surface area contributed by atoms with Gasteiger partial charge in [-0.05, 0) is 24.6 Å². The first-order chi connectivity index (χ1) is 9.03. The summed E-state index contributed by atoms with van der Waals surface area (Å²) in [5.74, 6) is -2.10. The fourth-order valence-electron chi connectivity index (χ4n) is 1.71. The van der Waals surface area contributed by atoms with Crippen LogP contribution in [0.2, 0.25) is 0 Å². The number of nitrogens with zero attached hydrogens (tertiary/aromatic N) is 1. The van der Waals surface area contributed by atoms with Crippen molar-refractivity contribution in [3.63, 3.8) is 0 Å². The minimum absolute atomic E-state index is 0.0730. The Morgan fingerprint density at radius 1 is 1.42 bits per heavy atom. The smallest absolute Gasteiger partial charge is 0.253 e. The maximum absolute atomic E-state index is 13.1. The van der Waals surface area contributed by atoms with E-state index in [1.165, 1.54) is 18.1 Å². The molecule has 6 heteroatoms. The molecule has 0 spiro atoms. The van der Waals surface area contributed by atoms with Gasteiger partial charge in [0.25, 0.3) is 5.91 Å². The van der Waals surface area contributed by atoms with Crippen LogP contribution in [0.5, 0.6) is 0 Å². The normalized spacial score (nSPS) is 12.3. The number of halogens is 2. The van der Waals surface area contributed by atoms with Gasteiger partial charge in [0.05, 0.1) is 0 Å². The summed E-state index contributed by atoms with van der Waals surface area (Å²) < 4.78 is 30.9. The van der Waals surface area contributed by atoms with Crippen LogP contribution in [0.4, 0.5) is 8.78 Å². The number of amides is 1. The summed E-state index contributed by atoms with van der Waals surface area (Å²) in [6, 6.07) is 3.56. The molecular weight excluding hydrogens is 254 g/mol. The summed E-state index contributed by atoms with van der Waals surface area (Å²) in [5, 5.41) is 0. The average molecular weight is 272 g/mol. The van der Waals surface area contributed by atoms with E-state index in [-0.39, 0.29) is 19.0 Å². The molecule has 1 amide bonds. The summed E-state index contributed by atoms with van der Waals surface area (Å²) in [6.07, 6.45) is -0.717. The van der Waals surface area contributed by atoms with Gasteiger partial charge in [0.1, 0.15) is 6.10 Å². The Morgan fingerprint density at radius 2 is 2.11 bits per heavy atom. The SMILES string of the molecule is CCN(Cc1ccc(F)c(F)c1)C(=O)C(CN)OC. The molecular formula is C13H18F2N2O2. The number of benzene rings is 1. The molecule has 4 nitrogen and oxygen atoms in total. The van der Waals surface area contributed by atoms with E-state index in [0.717, 1.165) is 12.1 Å². The molecule has 2 N–H and O–H groups in total. The number of hydrogen-bond acceptors (Lipinski definition) is 3. The number of rotatable bonds is 6. The number of likely N-dealkylation sites (N-methyl/N-ethyl adjacent to an activating group) is 1. The zero-order valence-corrected chi connectivity index (χ0v) is 11.0. The van der Waals surface area contributed by atoms with Gasteiger partial charge in [-0.15, -0.1) is 0 Å². The molecule has 0 heterocycles. The monoisotopic (exact) mass is 272 g/mol. The highest BCUT2D eigenvalue weighted by Crippen LogP contribution is 2.12. The second-order valence-electron chi connectivity index (χ2n) is 4.06. The van der Waals surface area contributed by atoms with E-state index < -0.39 is 17.7 Å². The van der Waals surface area contributed by atoms with Crippen molar-refractivity contribution in [1.82, 2.24) is 4.90 Å². The van der Waals surface area contributed by atoms with Crippen molar-refractivity contribution < 1.29 is 18.3 Å². The van der Waals surface area contributed by atoms with Gasteiger partial charge >= 0.3 is 0 Å². The molecule has 0 aliphatic carbocycles. The molecule has 106 valence electrons.